The monoisotopic (exact) mass is 433 g/mol. The largest absolute Gasteiger partial charge is 0.492 e. The summed E-state index contributed by atoms with van der Waals surface area (Å²) >= 11 is 0. The second kappa shape index (κ2) is 11.6. The highest BCUT2D eigenvalue weighted by molar-refractivity contribution is 5.85. The number of aliphatic hydroxyl groups is 1. The Labute approximate surface area is 173 Å². The molecular formula is C20H23ClF3NO4. The number of rotatable bonds is 9. The summed E-state index contributed by atoms with van der Waals surface area (Å²) in [7, 11) is 1.33. The summed E-state index contributed by atoms with van der Waals surface area (Å²) in [5.74, 6) is 0.297. The zero-order chi connectivity index (χ0) is 20.6. The molecular weight excluding hydrogens is 411 g/mol. The highest BCUT2D eigenvalue weighted by Crippen LogP contribution is 2.30. The van der Waals surface area contributed by atoms with E-state index in [9.17, 15) is 23.1 Å². The Morgan fingerprint density at radius 2 is 1.86 bits per heavy atom. The number of halogens is 4. The first-order chi connectivity index (χ1) is 13.3. The third kappa shape index (κ3) is 8.31. The van der Waals surface area contributed by atoms with Gasteiger partial charge in [-0.2, -0.15) is 13.2 Å². The van der Waals surface area contributed by atoms with Crippen LogP contribution in [0, 0.1) is 0 Å². The average Bonchev–Trinajstić information content (AvgIpc) is 2.68. The van der Waals surface area contributed by atoms with Crippen LogP contribution in [0.4, 0.5) is 13.2 Å². The highest BCUT2D eigenvalue weighted by atomic mass is 35.5. The molecule has 0 aromatic heterocycles. The Morgan fingerprint density at radius 1 is 1.17 bits per heavy atom. The van der Waals surface area contributed by atoms with Crippen molar-refractivity contribution in [3.8, 4) is 5.75 Å². The first kappa shape index (κ1) is 24.7. The average molecular weight is 434 g/mol. The fourth-order valence-electron chi connectivity index (χ4n) is 2.46. The summed E-state index contributed by atoms with van der Waals surface area (Å²) in [6, 6.07) is 11.6. The van der Waals surface area contributed by atoms with Crippen molar-refractivity contribution in [2.45, 2.75) is 18.7 Å². The van der Waals surface area contributed by atoms with E-state index in [1.807, 2.05) is 0 Å². The Hall–Kier alpha value is -2.29. The van der Waals surface area contributed by atoms with Crippen LogP contribution >= 0.6 is 12.4 Å². The van der Waals surface area contributed by atoms with Crippen molar-refractivity contribution in [3.63, 3.8) is 0 Å². The normalized spacial score (nSPS) is 12.0. The van der Waals surface area contributed by atoms with Crippen LogP contribution in [0.1, 0.15) is 22.8 Å². The molecule has 0 heterocycles. The zero-order valence-electron chi connectivity index (χ0n) is 15.7. The molecule has 160 valence electrons. The van der Waals surface area contributed by atoms with E-state index < -0.39 is 17.8 Å². The number of methoxy groups -OCH3 is 1. The molecule has 2 aromatic rings. The van der Waals surface area contributed by atoms with Crippen molar-refractivity contribution in [3.05, 3.63) is 65.2 Å². The standard InChI is InChI=1S/C20H22F3NO4.ClH/c1-27-19(26)11-14-5-7-17(8-6-14)28-10-9-24-13-18(25)15-3-2-4-16(12-15)20(21,22)23;/h2-8,12,18,24-25H,9-11,13H2,1H3;1H/t18-;/m0./s1. The molecule has 0 unspecified atom stereocenters. The van der Waals surface area contributed by atoms with Gasteiger partial charge in [0.05, 0.1) is 25.2 Å². The smallest absolute Gasteiger partial charge is 0.416 e. The Bertz CT molecular complexity index is 769. The molecule has 0 aliphatic rings. The van der Waals surface area contributed by atoms with Crippen LogP contribution < -0.4 is 10.1 Å². The van der Waals surface area contributed by atoms with Gasteiger partial charge in [-0.05, 0) is 35.4 Å². The second-order valence-corrected chi connectivity index (χ2v) is 6.09. The van der Waals surface area contributed by atoms with E-state index in [2.05, 4.69) is 10.1 Å². The summed E-state index contributed by atoms with van der Waals surface area (Å²) in [6.45, 7) is 0.814. The molecule has 5 nitrogen and oxygen atoms in total. The quantitative estimate of drug-likeness (QED) is 0.467. The summed E-state index contributed by atoms with van der Waals surface area (Å²) in [6.07, 6.45) is -5.31. The molecule has 0 saturated carbocycles. The summed E-state index contributed by atoms with van der Waals surface area (Å²) in [5.41, 5.74) is 0.217. The number of aliphatic hydroxyl groups excluding tert-OH is 1. The summed E-state index contributed by atoms with van der Waals surface area (Å²) < 4.78 is 48.3. The number of nitrogens with one attached hydrogen (secondary N) is 1. The van der Waals surface area contributed by atoms with Gasteiger partial charge < -0.3 is 19.9 Å². The molecule has 2 rings (SSSR count). The van der Waals surface area contributed by atoms with Crippen molar-refractivity contribution in [2.24, 2.45) is 0 Å². The SMILES string of the molecule is COC(=O)Cc1ccc(OCCNC[C@H](O)c2cccc(C(F)(F)F)c2)cc1.Cl. The van der Waals surface area contributed by atoms with E-state index in [4.69, 9.17) is 4.74 Å². The Kier molecular flexibility index (Phi) is 9.94. The molecule has 9 heteroatoms. The van der Waals surface area contributed by atoms with Gasteiger partial charge in [-0.15, -0.1) is 12.4 Å². The summed E-state index contributed by atoms with van der Waals surface area (Å²) in [5, 5.41) is 13.0. The molecule has 0 aliphatic heterocycles. The lowest BCUT2D eigenvalue weighted by atomic mass is 10.1. The maximum Gasteiger partial charge on any atom is 0.416 e. The van der Waals surface area contributed by atoms with Crippen molar-refractivity contribution in [2.75, 3.05) is 26.8 Å². The number of hydrogen-bond donors (Lipinski definition) is 2. The van der Waals surface area contributed by atoms with Crippen LogP contribution in [0.3, 0.4) is 0 Å². The topological polar surface area (TPSA) is 67.8 Å². The van der Waals surface area contributed by atoms with E-state index in [-0.39, 0.29) is 36.9 Å². The summed E-state index contributed by atoms with van der Waals surface area (Å²) in [4.78, 5) is 11.2. The van der Waals surface area contributed by atoms with E-state index in [1.165, 1.54) is 19.2 Å². The number of ether oxygens (including phenoxy) is 2. The van der Waals surface area contributed by atoms with Gasteiger partial charge in [-0.1, -0.05) is 24.3 Å². The molecule has 0 bridgehead atoms. The molecule has 0 saturated heterocycles. The predicted molar refractivity (Wildman–Crippen MR) is 104 cm³/mol. The van der Waals surface area contributed by atoms with E-state index in [0.29, 0.717) is 18.9 Å². The first-order valence-corrected chi connectivity index (χ1v) is 8.64. The number of alkyl halides is 3. The molecule has 0 aliphatic carbocycles. The molecule has 0 fully saturated rings. The maximum absolute atomic E-state index is 12.7. The minimum Gasteiger partial charge on any atom is -0.492 e. The lowest BCUT2D eigenvalue weighted by Gasteiger charge is -2.15. The number of carbonyl (C=O) groups excluding carboxylic acids is 1. The lowest BCUT2D eigenvalue weighted by Crippen LogP contribution is -2.26. The van der Waals surface area contributed by atoms with Crippen molar-refractivity contribution >= 4 is 18.4 Å². The second-order valence-electron chi connectivity index (χ2n) is 6.09. The highest BCUT2D eigenvalue weighted by Gasteiger charge is 2.30. The van der Waals surface area contributed by atoms with E-state index in [0.717, 1.165) is 17.7 Å². The zero-order valence-corrected chi connectivity index (χ0v) is 16.6. The third-order valence-corrected chi connectivity index (χ3v) is 3.98. The van der Waals surface area contributed by atoms with Crippen LogP contribution in [0.2, 0.25) is 0 Å². The van der Waals surface area contributed by atoms with Crippen LogP contribution in [0.25, 0.3) is 0 Å². The van der Waals surface area contributed by atoms with Crippen LogP contribution in [0.5, 0.6) is 5.75 Å². The van der Waals surface area contributed by atoms with Gasteiger partial charge >= 0.3 is 12.1 Å². The van der Waals surface area contributed by atoms with Gasteiger partial charge in [0, 0.05) is 13.1 Å². The molecule has 0 radical (unpaired) electrons. The predicted octanol–water partition coefficient (Wildman–Crippen LogP) is 3.54. The van der Waals surface area contributed by atoms with Crippen molar-refractivity contribution < 1.29 is 32.5 Å². The first-order valence-electron chi connectivity index (χ1n) is 8.64. The molecule has 0 amide bonds. The molecule has 2 aromatic carbocycles. The van der Waals surface area contributed by atoms with Gasteiger partial charge in [0.2, 0.25) is 0 Å². The van der Waals surface area contributed by atoms with Crippen molar-refractivity contribution in [1.82, 2.24) is 5.32 Å². The van der Waals surface area contributed by atoms with Gasteiger partial charge in [-0.25, -0.2) is 0 Å². The molecule has 29 heavy (non-hydrogen) atoms. The maximum atomic E-state index is 12.7. The molecule has 0 spiro atoms. The Morgan fingerprint density at radius 3 is 2.48 bits per heavy atom. The van der Waals surface area contributed by atoms with Crippen LogP contribution in [-0.2, 0) is 22.1 Å². The fraction of sp³-hybridized carbons (Fsp3) is 0.350. The van der Waals surface area contributed by atoms with Gasteiger partial charge in [-0.3, -0.25) is 4.79 Å². The Balaban J connectivity index is 0.00000420. The number of esters is 1. The number of carbonyl (C=O) groups is 1. The third-order valence-electron chi connectivity index (χ3n) is 3.98. The molecule has 2 N–H and O–H groups in total. The lowest BCUT2D eigenvalue weighted by molar-refractivity contribution is -0.140. The van der Waals surface area contributed by atoms with Gasteiger partial charge in [0.15, 0.2) is 0 Å². The minimum atomic E-state index is -4.44. The van der Waals surface area contributed by atoms with Crippen LogP contribution in [-0.4, -0.2) is 37.9 Å². The van der Waals surface area contributed by atoms with Crippen LogP contribution in [0.15, 0.2) is 48.5 Å². The molecule has 1 atom stereocenters. The van der Waals surface area contributed by atoms with Gasteiger partial charge in [0.1, 0.15) is 12.4 Å². The number of benzene rings is 2. The number of hydrogen-bond acceptors (Lipinski definition) is 5. The fourth-order valence-corrected chi connectivity index (χ4v) is 2.46. The van der Waals surface area contributed by atoms with E-state index in [1.54, 1.807) is 24.3 Å². The van der Waals surface area contributed by atoms with Gasteiger partial charge in [0.25, 0.3) is 0 Å². The van der Waals surface area contributed by atoms with Crippen molar-refractivity contribution in [1.29, 1.82) is 0 Å². The minimum absolute atomic E-state index is 0. The van der Waals surface area contributed by atoms with E-state index >= 15 is 0 Å².